The predicted molar refractivity (Wildman–Crippen MR) is 26.6 cm³/mol. The van der Waals surface area contributed by atoms with E-state index in [2.05, 4.69) is 0 Å². The number of rotatable bonds is 0. The first-order valence-electron chi connectivity index (χ1n) is 1.00. The van der Waals surface area contributed by atoms with Gasteiger partial charge in [0, 0.05) is 0 Å². The Morgan fingerprint density at radius 3 is 0.692 bits per heavy atom. The minimum atomic E-state index is -3.11. The molecule has 0 rings (SSSR count). The van der Waals surface area contributed by atoms with Crippen LogP contribution in [0.4, 0.5) is 0 Å². The Bertz CT molecular complexity index is 75.4. The fourth-order valence-corrected chi connectivity index (χ4v) is 0. The average Bonchev–Trinajstić information content (AvgIpc) is 1.25. The SMILES string of the molecule is O.O.O=S([O-])[O-].O=S([O-])[O-].[Cu+2].[Cu+].[Cu+]. The maximum absolute atomic E-state index is 8.44. The van der Waals surface area contributed by atoms with Gasteiger partial charge in [0.15, 0.2) is 0 Å². The third-order valence-electron chi connectivity index (χ3n) is 0. The summed E-state index contributed by atoms with van der Waals surface area (Å²) in [4.78, 5) is 0. The Labute approximate surface area is 111 Å². The summed E-state index contributed by atoms with van der Waals surface area (Å²) >= 11 is -6.22. The molecule has 0 saturated heterocycles. The number of hydrogen-bond acceptors (Lipinski definition) is 6. The van der Waals surface area contributed by atoms with E-state index in [1.54, 1.807) is 0 Å². The quantitative estimate of drug-likeness (QED) is 0.304. The second-order valence-corrected chi connectivity index (χ2v) is 1.22. The molecule has 0 aliphatic rings. The Balaban J connectivity index is -0.00000000800. The van der Waals surface area contributed by atoms with Gasteiger partial charge in [-0.25, -0.2) is 0 Å². The first-order valence-corrected chi connectivity index (χ1v) is 3.00. The molecule has 0 bridgehead atoms. The largest absolute Gasteiger partial charge is 2.00 e. The van der Waals surface area contributed by atoms with E-state index in [1.807, 2.05) is 0 Å². The van der Waals surface area contributed by atoms with Crippen LogP contribution in [0.25, 0.3) is 0 Å². The summed E-state index contributed by atoms with van der Waals surface area (Å²) < 4.78 is 50.7. The van der Waals surface area contributed by atoms with Crippen molar-refractivity contribution in [3.63, 3.8) is 0 Å². The van der Waals surface area contributed by atoms with E-state index < -0.39 is 22.7 Å². The van der Waals surface area contributed by atoms with Crippen molar-refractivity contribution in [1.29, 1.82) is 0 Å². The van der Waals surface area contributed by atoms with Crippen molar-refractivity contribution in [2.45, 2.75) is 0 Å². The molecule has 13 heteroatoms. The van der Waals surface area contributed by atoms with Gasteiger partial charge in [0.1, 0.15) is 0 Å². The molecule has 97 valence electrons. The van der Waals surface area contributed by atoms with E-state index in [1.165, 1.54) is 0 Å². The van der Waals surface area contributed by atoms with E-state index in [-0.39, 0.29) is 62.2 Å². The molecule has 0 heterocycles. The van der Waals surface area contributed by atoms with Crippen LogP contribution in [0, 0.1) is 0 Å². The van der Waals surface area contributed by atoms with Gasteiger partial charge in [0.2, 0.25) is 0 Å². The van der Waals surface area contributed by atoms with Crippen molar-refractivity contribution in [2.24, 2.45) is 0 Å². The Hall–Kier alpha value is 1.62. The van der Waals surface area contributed by atoms with Crippen LogP contribution in [0.2, 0.25) is 0 Å². The predicted octanol–water partition coefficient (Wildman–Crippen LogP) is -3.67. The van der Waals surface area contributed by atoms with Gasteiger partial charge >= 0.3 is 51.2 Å². The van der Waals surface area contributed by atoms with Crippen LogP contribution in [0.1, 0.15) is 0 Å². The van der Waals surface area contributed by atoms with Gasteiger partial charge in [-0.1, -0.05) is 0 Å². The first-order chi connectivity index (χ1) is 3.46. The molecule has 13 heavy (non-hydrogen) atoms. The molecule has 0 spiro atoms. The summed E-state index contributed by atoms with van der Waals surface area (Å²) in [5, 5.41) is 0. The zero-order valence-electron chi connectivity index (χ0n) is 5.17. The van der Waals surface area contributed by atoms with E-state index in [4.69, 9.17) is 26.6 Å². The second kappa shape index (κ2) is 37.4. The average molecular weight is 387 g/mol. The monoisotopic (exact) mass is 385 g/mol. The standard InChI is InChI=1S/3Cu.2H2O3S.2H2O/c;;;2*1-4(2)3;;/h;;;2*(H2,1,2,3);2*1H2/q2*+1;+2;;;;/p-4. The van der Waals surface area contributed by atoms with E-state index in [9.17, 15) is 0 Å². The van der Waals surface area contributed by atoms with Gasteiger partial charge in [0.05, 0.1) is 0 Å². The summed E-state index contributed by atoms with van der Waals surface area (Å²) in [5.74, 6) is 0. The van der Waals surface area contributed by atoms with Crippen LogP contribution >= 0.6 is 0 Å². The fraction of sp³-hybridized carbons (Fsp3) is 0. The molecule has 0 saturated carbocycles. The van der Waals surface area contributed by atoms with Crippen molar-refractivity contribution < 1.29 is 88.8 Å². The molecule has 0 aliphatic carbocycles. The minimum absolute atomic E-state index is 0. The van der Waals surface area contributed by atoms with E-state index in [0.29, 0.717) is 0 Å². The minimum Gasteiger partial charge on any atom is -0.784 e. The van der Waals surface area contributed by atoms with E-state index in [0.717, 1.165) is 0 Å². The van der Waals surface area contributed by atoms with Gasteiger partial charge in [0.25, 0.3) is 0 Å². The number of hydrogen-bond donors (Lipinski definition) is 0. The molecule has 0 aromatic heterocycles. The van der Waals surface area contributed by atoms with Crippen molar-refractivity contribution in [1.82, 2.24) is 0 Å². The van der Waals surface area contributed by atoms with Crippen LogP contribution in [0.3, 0.4) is 0 Å². The van der Waals surface area contributed by atoms with Crippen molar-refractivity contribution in [3.05, 3.63) is 0 Å². The molecule has 0 aromatic carbocycles. The normalized spacial score (nSPS) is 5.38. The van der Waals surface area contributed by atoms with Crippen LogP contribution in [0.15, 0.2) is 0 Å². The molecule has 0 aliphatic heterocycles. The third kappa shape index (κ3) is 702. The van der Waals surface area contributed by atoms with Crippen molar-refractivity contribution in [3.8, 4) is 0 Å². The summed E-state index contributed by atoms with van der Waals surface area (Å²) in [6.45, 7) is 0. The van der Waals surface area contributed by atoms with Crippen LogP contribution in [0.5, 0.6) is 0 Å². The van der Waals surface area contributed by atoms with Gasteiger partial charge in [-0.15, -0.1) is 22.7 Å². The summed E-state index contributed by atoms with van der Waals surface area (Å²) in [6.07, 6.45) is 0. The first kappa shape index (κ1) is 46.7. The van der Waals surface area contributed by atoms with Gasteiger partial charge in [-0.3, -0.25) is 8.42 Å². The third-order valence-corrected chi connectivity index (χ3v) is 0. The maximum atomic E-state index is 8.44. The van der Waals surface area contributed by atoms with Crippen LogP contribution in [-0.4, -0.2) is 37.6 Å². The molecule has 0 amide bonds. The van der Waals surface area contributed by atoms with E-state index >= 15 is 0 Å². The van der Waals surface area contributed by atoms with Gasteiger partial charge in [-0.2, -0.15) is 0 Å². The molecule has 0 fully saturated rings. The smallest absolute Gasteiger partial charge is 0.784 e. The zero-order chi connectivity index (χ0) is 7.15. The summed E-state index contributed by atoms with van der Waals surface area (Å²) in [5.41, 5.74) is 0. The molecule has 8 nitrogen and oxygen atoms in total. The summed E-state index contributed by atoms with van der Waals surface area (Å²) in [7, 11) is 0. The molecule has 1 radical (unpaired) electrons. The van der Waals surface area contributed by atoms with Crippen LogP contribution in [-0.2, 0) is 73.9 Å². The molecule has 0 atom stereocenters. The van der Waals surface area contributed by atoms with Crippen molar-refractivity contribution >= 4 is 22.7 Å². The van der Waals surface area contributed by atoms with Crippen molar-refractivity contribution in [2.75, 3.05) is 0 Å². The van der Waals surface area contributed by atoms with Gasteiger partial charge < -0.3 is 29.2 Å². The second-order valence-electron chi connectivity index (χ2n) is 0.408. The fourth-order valence-electron chi connectivity index (χ4n) is 0. The summed E-state index contributed by atoms with van der Waals surface area (Å²) in [6, 6.07) is 0. The zero-order valence-corrected chi connectivity index (χ0v) is 9.63. The topological polar surface area (TPSA) is 189 Å². The Kier molecular flexibility index (Phi) is 134. The molecule has 4 N–H and O–H groups in total. The Morgan fingerprint density at radius 2 is 0.692 bits per heavy atom. The molecule has 0 unspecified atom stereocenters. The van der Waals surface area contributed by atoms with Gasteiger partial charge in [-0.05, 0) is 0 Å². The molecule has 0 aromatic rings. The van der Waals surface area contributed by atoms with Crippen LogP contribution < -0.4 is 0 Å². The molecular formula is H4Cu3O8S2. The Morgan fingerprint density at radius 1 is 0.692 bits per heavy atom. The maximum Gasteiger partial charge on any atom is 2.00 e. The molecular weight excluding hydrogens is 383 g/mol.